The summed E-state index contributed by atoms with van der Waals surface area (Å²) >= 11 is 0. The minimum Gasteiger partial charge on any atom is -0.392 e. The molecule has 150 valence electrons. The van der Waals surface area contributed by atoms with Gasteiger partial charge in [-0.1, -0.05) is 20.8 Å². The van der Waals surface area contributed by atoms with E-state index in [1.807, 2.05) is 0 Å². The molecule has 2 rings (SSSR count). The summed E-state index contributed by atoms with van der Waals surface area (Å²) in [6.07, 6.45) is 1.71. The highest BCUT2D eigenvalue weighted by atomic mass is 16.6. The van der Waals surface area contributed by atoms with Gasteiger partial charge in [0.05, 0.1) is 22.6 Å². The first kappa shape index (κ1) is 21.0. The molecule has 1 heterocycles. The molecule has 1 fully saturated rings. The second-order valence-electron chi connectivity index (χ2n) is 8.02. The first-order valence-electron chi connectivity index (χ1n) is 8.99. The predicted molar refractivity (Wildman–Crippen MR) is 101 cm³/mol. The molecule has 0 amide bonds. The Bertz CT molecular complexity index is 729. The number of nitro benzene ring substituents is 2. The molecule has 1 aromatic carbocycles. The molecule has 1 aliphatic rings. The first-order chi connectivity index (χ1) is 12.6. The van der Waals surface area contributed by atoms with E-state index in [1.54, 1.807) is 0 Å². The number of ether oxygens (including phenoxy) is 1. The molecule has 9 nitrogen and oxygen atoms in total. The third kappa shape index (κ3) is 4.54. The van der Waals surface area contributed by atoms with Crippen molar-refractivity contribution in [2.45, 2.75) is 53.2 Å². The molecule has 1 saturated heterocycles. The van der Waals surface area contributed by atoms with Crippen molar-refractivity contribution >= 4 is 17.1 Å². The number of nitro groups is 2. The van der Waals surface area contributed by atoms with Crippen LogP contribution in [0.4, 0.5) is 17.1 Å². The zero-order valence-corrected chi connectivity index (χ0v) is 16.2. The molecule has 1 aliphatic heterocycles. The fourth-order valence-corrected chi connectivity index (χ4v) is 3.76. The van der Waals surface area contributed by atoms with Crippen LogP contribution in [0.25, 0.3) is 0 Å². The lowest BCUT2D eigenvalue weighted by Crippen LogP contribution is -2.42. The van der Waals surface area contributed by atoms with E-state index in [-0.39, 0.29) is 39.9 Å². The molecular weight excluding hydrogens is 354 g/mol. The Morgan fingerprint density at radius 2 is 1.96 bits per heavy atom. The highest BCUT2D eigenvalue weighted by Crippen LogP contribution is 2.40. The maximum Gasteiger partial charge on any atom is 0.302 e. The number of benzene rings is 1. The van der Waals surface area contributed by atoms with E-state index in [4.69, 9.17) is 4.74 Å². The van der Waals surface area contributed by atoms with Crippen molar-refractivity contribution in [1.29, 1.82) is 0 Å². The van der Waals surface area contributed by atoms with Gasteiger partial charge in [0.1, 0.15) is 0 Å². The van der Waals surface area contributed by atoms with E-state index in [9.17, 15) is 25.3 Å². The Balaban J connectivity index is 2.41. The van der Waals surface area contributed by atoms with Crippen LogP contribution in [0.15, 0.2) is 6.07 Å². The topological polar surface area (TPSA) is 128 Å². The Hall–Kier alpha value is -2.26. The standard InChI is InChI=1S/C18H27N3O6/c1-11-13(10-22)8-14(20(23)24)15(16(11)21(25)26)19-9-12-6-5-7-27-17(12)18(2,3)4/h8,12,17,19,22H,5-7,9-10H2,1-4H3. The van der Waals surface area contributed by atoms with Gasteiger partial charge < -0.3 is 15.2 Å². The maximum absolute atomic E-state index is 11.6. The quantitative estimate of drug-likeness (QED) is 0.569. The molecule has 2 atom stereocenters. The lowest BCUT2D eigenvalue weighted by molar-refractivity contribution is -0.392. The number of hydrogen-bond donors (Lipinski definition) is 2. The van der Waals surface area contributed by atoms with Crippen LogP contribution in [-0.2, 0) is 11.3 Å². The van der Waals surface area contributed by atoms with Gasteiger partial charge in [-0.2, -0.15) is 0 Å². The lowest BCUT2D eigenvalue weighted by atomic mass is 9.78. The van der Waals surface area contributed by atoms with Gasteiger partial charge in [-0.3, -0.25) is 20.2 Å². The summed E-state index contributed by atoms with van der Waals surface area (Å²) in [5.41, 5.74) is -0.590. The molecule has 2 unspecified atom stereocenters. The Morgan fingerprint density at radius 3 is 2.48 bits per heavy atom. The summed E-state index contributed by atoms with van der Waals surface area (Å²) < 4.78 is 5.92. The van der Waals surface area contributed by atoms with Crippen LogP contribution in [0.3, 0.4) is 0 Å². The average molecular weight is 381 g/mol. The number of hydrogen-bond acceptors (Lipinski definition) is 7. The molecule has 0 saturated carbocycles. The summed E-state index contributed by atoms with van der Waals surface area (Å²) in [6.45, 7) is 8.20. The van der Waals surface area contributed by atoms with E-state index in [0.717, 1.165) is 12.8 Å². The van der Waals surface area contributed by atoms with Crippen LogP contribution in [0.1, 0.15) is 44.7 Å². The first-order valence-corrected chi connectivity index (χ1v) is 8.99. The Kier molecular flexibility index (Phi) is 6.38. The summed E-state index contributed by atoms with van der Waals surface area (Å²) in [7, 11) is 0. The zero-order valence-electron chi connectivity index (χ0n) is 16.2. The van der Waals surface area contributed by atoms with Gasteiger partial charge in [-0.25, -0.2) is 0 Å². The molecule has 0 aliphatic carbocycles. The average Bonchev–Trinajstić information content (AvgIpc) is 2.58. The fourth-order valence-electron chi connectivity index (χ4n) is 3.76. The smallest absolute Gasteiger partial charge is 0.302 e. The summed E-state index contributed by atoms with van der Waals surface area (Å²) in [5.74, 6) is 0.0794. The number of aliphatic hydroxyl groups is 1. The zero-order chi connectivity index (χ0) is 20.4. The van der Waals surface area contributed by atoms with Gasteiger partial charge in [-0.15, -0.1) is 0 Å². The van der Waals surface area contributed by atoms with Crippen molar-refractivity contribution < 1.29 is 19.7 Å². The molecule has 0 radical (unpaired) electrons. The van der Waals surface area contributed by atoms with Crippen molar-refractivity contribution in [1.82, 2.24) is 0 Å². The van der Waals surface area contributed by atoms with Crippen molar-refractivity contribution in [3.8, 4) is 0 Å². The maximum atomic E-state index is 11.6. The van der Waals surface area contributed by atoms with Crippen LogP contribution in [0.2, 0.25) is 0 Å². The number of nitrogens with zero attached hydrogens (tertiary/aromatic N) is 2. The molecule has 1 aromatic rings. The predicted octanol–water partition coefficient (Wildman–Crippen LogP) is 3.56. The number of anilines is 1. The van der Waals surface area contributed by atoms with E-state index in [1.165, 1.54) is 13.0 Å². The van der Waals surface area contributed by atoms with Crippen molar-refractivity contribution in [2.75, 3.05) is 18.5 Å². The van der Waals surface area contributed by atoms with Gasteiger partial charge in [-0.05, 0) is 30.7 Å². The van der Waals surface area contributed by atoms with Crippen LogP contribution in [0, 0.1) is 38.5 Å². The van der Waals surface area contributed by atoms with Gasteiger partial charge in [0, 0.05) is 30.7 Å². The Labute approximate surface area is 158 Å². The third-order valence-corrected chi connectivity index (χ3v) is 5.03. The van der Waals surface area contributed by atoms with Gasteiger partial charge >= 0.3 is 5.69 Å². The summed E-state index contributed by atoms with van der Waals surface area (Å²) in [4.78, 5) is 21.8. The lowest BCUT2D eigenvalue weighted by Gasteiger charge is -2.40. The molecule has 0 aromatic heterocycles. The van der Waals surface area contributed by atoms with E-state index in [2.05, 4.69) is 26.1 Å². The second kappa shape index (κ2) is 8.18. The van der Waals surface area contributed by atoms with Crippen molar-refractivity contribution in [3.05, 3.63) is 37.4 Å². The molecular formula is C18H27N3O6. The number of aliphatic hydroxyl groups excluding tert-OH is 1. The fraction of sp³-hybridized carbons (Fsp3) is 0.667. The molecule has 9 heteroatoms. The monoisotopic (exact) mass is 381 g/mol. The largest absolute Gasteiger partial charge is 0.392 e. The van der Waals surface area contributed by atoms with E-state index >= 15 is 0 Å². The van der Waals surface area contributed by atoms with E-state index in [0.29, 0.717) is 13.2 Å². The van der Waals surface area contributed by atoms with Gasteiger partial charge in [0.2, 0.25) is 0 Å². The summed E-state index contributed by atoms with van der Waals surface area (Å²) in [5, 5.41) is 35.4. The minimum absolute atomic E-state index is 0.0466. The number of nitrogens with one attached hydrogen (secondary N) is 1. The van der Waals surface area contributed by atoms with Gasteiger partial charge in [0.15, 0.2) is 5.69 Å². The SMILES string of the molecule is Cc1c(CO)cc([N+](=O)[O-])c(NCC2CCCOC2C(C)(C)C)c1[N+](=O)[O-]. The normalized spacial score (nSPS) is 20.3. The Morgan fingerprint density at radius 1 is 1.30 bits per heavy atom. The van der Waals surface area contributed by atoms with Crippen LogP contribution < -0.4 is 5.32 Å². The third-order valence-electron chi connectivity index (χ3n) is 5.03. The van der Waals surface area contributed by atoms with Crippen molar-refractivity contribution in [2.24, 2.45) is 11.3 Å². The second-order valence-corrected chi connectivity index (χ2v) is 8.02. The highest BCUT2D eigenvalue weighted by Gasteiger charge is 2.37. The molecule has 27 heavy (non-hydrogen) atoms. The highest BCUT2D eigenvalue weighted by molar-refractivity contribution is 5.77. The van der Waals surface area contributed by atoms with Crippen LogP contribution in [0.5, 0.6) is 0 Å². The van der Waals surface area contributed by atoms with Crippen molar-refractivity contribution in [3.63, 3.8) is 0 Å². The molecule has 0 bridgehead atoms. The number of rotatable bonds is 6. The van der Waals surface area contributed by atoms with Gasteiger partial charge in [0.25, 0.3) is 5.69 Å². The minimum atomic E-state index is -0.660. The van der Waals surface area contributed by atoms with Crippen LogP contribution in [-0.4, -0.2) is 34.2 Å². The van der Waals surface area contributed by atoms with Crippen LogP contribution >= 0.6 is 0 Å². The molecule has 2 N–H and O–H groups in total. The summed E-state index contributed by atoms with van der Waals surface area (Å²) in [6, 6.07) is 1.20. The molecule has 0 spiro atoms. The van der Waals surface area contributed by atoms with E-state index < -0.39 is 22.1 Å².